The molecular formula is C19H22Cl2N2O2. The lowest BCUT2D eigenvalue weighted by Crippen LogP contribution is -2.42. The number of rotatable bonds is 1. The molecule has 134 valence electrons. The van der Waals surface area contributed by atoms with E-state index in [1.54, 1.807) is 28.9 Å². The van der Waals surface area contributed by atoms with Gasteiger partial charge >= 0.3 is 0 Å². The van der Waals surface area contributed by atoms with Crippen LogP contribution < -0.4 is 0 Å². The third-order valence-corrected chi connectivity index (χ3v) is 6.25. The van der Waals surface area contributed by atoms with Crippen LogP contribution in [0, 0.1) is 0 Å². The summed E-state index contributed by atoms with van der Waals surface area (Å²) in [5.41, 5.74) is 2.28. The second kappa shape index (κ2) is 6.33. The fourth-order valence-electron chi connectivity index (χ4n) is 3.90. The van der Waals surface area contributed by atoms with Gasteiger partial charge in [0.1, 0.15) is 0 Å². The van der Waals surface area contributed by atoms with Gasteiger partial charge in [-0.25, -0.2) is 0 Å². The van der Waals surface area contributed by atoms with Crippen LogP contribution in [0.1, 0.15) is 45.2 Å². The van der Waals surface area contributed by atoms with E-state index < -0.39 is 6.04 Å². The van der Waals surface area contributed by atoms with Crippen molar-refractivity contribution in [2.75, 3.05) is 13.6 Å². The van der Waals surface area contributed by atoms with Gasteiger partial charge in [-0.1, -0.05) is 29.3 Å². The molecule has 2 aliphatic rings. The van der Waals surface area contributed by atoms with Crippen molar-refractivity contribution in [3.05, 3.63) is 45.0 Å². The summed E-state index contributed by atoms with van der Waals surface area (Å²) in [5.74, 6) is -0.0748. The summed E-state index contributed by atoms with van der Waals surface area (Å²) < 4.78 is 0. The van der Waals surface area contributed by atoms with E-state index in [1.165, 1.54) is 0 Å². The summed E-state index contributed by atoms with van der Waals surface area (Å²) in [6.45, 7) is 6.27. The molecule has 1 unspecified atom stereocenters. The minimum absolute atomic E-state index is 0.0239. The van der Waals surface area contributed by atoms with E-state index in [1.807, 2.05) is 13.1 Å². The van der Waals surface area contributed by atoms with Crippen molar-refractivity contribution in [3.8, 4) is 0 Å². The van der Waals surface area contributed by atoms with Gasteiger partial charge in [0.05, 0.1) is 21.6 Å². The van der Waals surface area contributed by atoms with E-state index in [9.17, 15) is 9.59 Å². The Bertz CT molecular complexity index is 786. The maximum Gasteiger partial charge on any atom is 0.252 e. The van der Waals surface area contributed by atoms with E-state index in [2.05, 4.69) is 13.8 Å². The molecule has 2 amide bonds. The van der Waals surface area contributed by atoms with Crippen LogP contribution in [0.15, 0.2) is 29.3 Å². The van der Waals surface area contributed by atoms with Crippen LogP contribution in [0.4, 0.5) is 0 Å². The van der Waals surface area contributed by atoms with Crippen LogP contribution in [0.3, 0.4) is 0 Å². The number of halogens is 2. The Hall–Kier alpha value is -1.52. The Balaban J connectivity index is 2.23. The first kappa shape index (κ1) is 18.3. The van der Waals surface area contributed by atoms with Crippen molar-refractivity contribution in [2.24, 2.45) is 0 Å². The van der Waals surface area contributed by atoms with Crippen molar-refractivity contribution in [1.82, 2.24) is 9.80 Å². The summed E-state index contributed by atoms with van der Waals surface area (Å²) in [4.78, 5) is 29.0. The molecule has 0 saturated carbocycles. The predicted octanol–water partition coefficient (Wildman–Crippen LogP) is 4.22. The van der Waals surface area contributed by atoms with Gasteiger partial charge in [-0.3, -0.25) is 9.59 Å². The van der Waals surface area contributed by atoms with Gasteiger partial charge in [0, 0.05) is 26.1 Å². The van der Waals surface area contributed by atoms with Crippen LogP contribution in [0.25, 0.3) is 0 Å². The molecule has 0 N–H and O–H groups in total. The second-order valence-corrected chi connectivity index (χ2v) is 8.02. The van der Waals surface area contributed by atoms with E-state index >= 15 is 0 Å². The Morgan fingerprint density at radius 2 is 1.92 bits per heavy atom. The molecule has 2 aliphatic heterocycles. The molecule has 3 rings (SSSR count). The Morgan fingerprint density at radius 1 is 1.24 bits per heavy atom. The highest BCUT2D eigenvalue weighted by Gasteiger charge is 2.48. The summed E-state index contributed by atoms with van der Waals surface area (Å²) in [7, 11) is 1.82. The van der Waals surface area contributed by atoms with Gasteiger partial charge in [-0.05, 0) is 50.0 Å². The van der Waals surface area contributed by atoms with Crippen LogP contribution >= 0.6 is 23.2 Å². The molecule has 6 heteroatoms. The zero-order valence-electron chi connectivity index (χ0n) is 14.9. The zero-order chi connectivity index (χ0) is 18.5. The molecule has 1 aromatic carbocycles. The summed E-state index contributed by atoms with van der Waals surface area (Å²) in [6.07, 6.45) is 1.64. The fraction of sp³-hybridized carbons (Fsp3) is 0.474. The SMILES string of the molecule is CC(=O)N1CCCC2=C(C(=O)N(C)C2(C)C)C1c1ccc(Cl)c(Cl)c1. The molecule has 0 aromatic heterocycles. The Labute approximate surface area is 158 Å². The summed E-state index contributed by atoms with van der Waals surface area (Å²) >= 11 is 12.3. The molecule has 25 heavy (non-hydrogen) atoms. The fourth-order valence-corrected chi connectivity index (χ4v) is 4.20. The number of benzene rings is 1. The summed E-state index contributed by atoms with van der Waals surface area (Å²) in [5, 5.41) is 0.880. The van der Waals surface area contributed by atoms with Gasteiger partial charge in [-0.2, -0.15) is 0 Å². The van der Waals surface area contributed by atoms with E-state index in [0.29, 0.717) is 22.2 Å². The number of hydrogen-bond donors (Lipinski definition) is 0. The Kier molecular flexibility index (Phi) is 4.63. The first-order valence-electron chi connectivity index (χ1n) is 8.40. The zero-order valence-corrected chi connectivity index (χ0v) is 16.4. The van der Waals surface area contributed by atoms with Crippen LogP contribution in [-0.4, -0.2) is 40.7 Å². The molecule has 2 heterocycles. The normalized spacial score (nSPS) is 23.0. The predicted molar refractivity (Wildman–Crippen MR) is 99.7 cm³/mol. The molecule has 0 aliphatic carbocycles. The number of hydrogen-bond acceptors (Lipinski definition) is 2. The Morgan fingerprint density at radius 3 is 2.52 bits per heavy atom. The molecule has 0 spiro atoms. The van der Waals surface area contributed by atoms with Gasteiger partial charge in [0.25, 0.3) is 5.91 Å². The maximum atomic E-state index is 13.1. The molecule has 1 atom stereocenters. The molecule has 4 nitrogen and oxygen atoms in total. The van der Waals surface area contributed by atoms with Crippen LogP contribution in [0.2, 0.25) is 10.0 Å². The van der Waals surface area contributed by atoms with Gasteiger partial charge in [-0.15, -0.1) is 0 Å². The number of nitrogens with zero attached hydrogens (tertiary/aromatic N) is 2. The lowest BCUT2D eigenvalue weighted by atomic mass is 9.87. The highest BCUT2D eigenvalue weighted by Crippen LogP contribution is 2.46. The first-order chi connectivity index (χ1) is 11.7. The lowest BCUT2D eigenvalue weighted by Gasteiger charge is -2.33. The monoisotopic (exact) mass is 380 g/mol. The first-order valence-corrected chi connectivity index (χ1v) is 9.15. The van der Waals surface area contributed by atoms with E-state index in [0.717, 1.165) is 24.0 Å². The quantitative estimate of drug-likeness (QED) is 0.731. The molecule has 0 radical (unpaired) electrons. The number of carbonyl (C=O) groups is 2. The van der Waals surface area contributed by atoms with E-state index in [4.69, 9.17) is 23.2 Å². The highest BCUT2D eigenvalue weighted by molar-refractivity contribution is 6.42. The van der Waals surface area contributed by atoms with Gasteiger partial charge < -0.3 is 9.80 Å². The molecular weight excluding hydrogens is 359 g/mol. The van der Waals surface area contributed by atoms with Crippen molar-refractivity contribution < 1.29 is 9.59 Å². The third-order valence-electron chi connectivity index (χ3n) is 5.51. The van der Waals surface area contributed by atoms with Crippen molar-refractivity contribution >= 4 is 35.0 Å². The average molecular weight is 381 g/mol. The summed E-state index contributed by atoms with van der Waals surface area (Å²) in [6, 6.07) is 4.90. The maximum absolute atomic E-state index is 13.1. The van der Waals surface area contributed by atoms with Crippen LogP contribution in [-0.2, 0) is 9.59 Å². The average Bonchev–Trinajstić information content (AvgIpc) is 2.72. The third kappa shape index (κ3) is 2.85. The largest absolute Gasteiger partial charge is 0.333 e. The minimum Gasteiger partial charge on any atom is -0.333 e. The lowest BCUT2D eigenvalue weighted by molar-refractivity contribution is -0.132. The van der Waals surface area contributed by atoms with Gasteiger partial charge in [0.2, 0.25) is 5.91 Å². The molecule has 0 bridgehead atoms. The number of amides is 2. The van der Waals surface area contributed by atoms with Crippen LogP contribution in [0.5, 0.6) is 0 Å². The van der Waals surface area contributed by atoms with Gasteiger partial charge in [0.15, 0.2) is 0 Å². The smallest absolute Gasteiger partial charge is 0.252 e. The molecule has 0 saturated heterocycles. The van der Waals surface area contributed by atoms with Crippen molar-refractivity contribution in [2.45, 2.75) is 45.2 Å². The molecule has 1 aromatic rings. The van der Waals surface area contributed by atoms with E-state index in [-0.39, 0.29) is 17.4 Å². The topological polar surface area (TPSA) is 40.6 Å². The standard InChI is InChI=1S/C19H22Cl2N2O2/c1-11(24)23-9-5-6-13-16(18(25)22(4)19(13,2)3)17(23)12-7-8-14(20)15(21)10-12/h7-8,10,17H,5-6,9H2,1-4H3. The highest BCUT2D eigenvalue weighted by atomic mass is 35.5. The molecule has 0 fully saturated rings. The number of carbonyl (C=O) groups excluding carboxylic acids is 2. The minimum atomic E-state index is -0.429. The number of likely N-dealkylation sites (N-methyl/N-ethyl adjacent to an activating group) is 1. The van der Waals surface area contributed by atoms with Crippen molar-refractivity contribution in [3.63, 3.8) is 0 Å². The second-order valence-electron chi connectivity index (χ2n) is 7.21. The van der Waals surface area contributed by atoms with Crippen molar-refractivity contribution in [1.29, 1.82) is 0 Å².